The number of nitrogens with two attached hydrogens (primary N) is 1. The largest absolute Gasteiger partial charge is 0.378 e. The zero-order valence-corrected chi connectivity index (χ0v) is 15.3. The SMILES string of the molecule is CC(C(=O)N1CCC(OCCCN)CC1)N1CCc2ccccc2C1. The van der Waals surface area contributed by atoms with E-state index in [2.05, 4.69) is 36.1 Å². The molecular formula is C20H31N3O2. The van der Waals surface area contributed by atoms with Gasteiger partial charge in [0.05, 0.1) is 12.1 Å². The highest BCUT2D eigenvalue weighted by Gasteiger charge is 2.30. The number of amides is 1. The summed E-state index contributed by atoms with van der Waals surface area (Å²) in [6.45, 7) is 6.92. The maximum atomic E-state index is 12.9. The first kappa shape index (κ1) is 18.4. The maximum Gasteiger partial charge on any atom is 0.239 e. The number of fused-ring (bicyclic) bond motifs is 1. The molecule has 0 aromatic heterocycles. The fourth-order valence-electron chi connectivity index (χ4n) is 3.84. The van der Waals surface area contributed by atoms with Gasteiger partial charge in [0.1, 0.15) is 0 Å². The maximum absolute atomic E-state index is 12.9. The molecule has 0 spiro atoms. The molecule has 0 aliphatic carbocycles. The van der Waals surface area contributed by atoms with Gasteiger partial charge in [-0.2, -0.15) is 0 Å². The van der Waals surface area contributed by atoms with Crippen LogP contribution in [0.15, 0.2) is 24.3 Å². The normalized spacial score (nSPS) is 20.3. The molecule has 2 heterocycles. The van der Waals surface area contributed by atoms with E-state index in [1.165, 1.54) is 11.1 Å². The number of carbonyl (C=O) groups excluding carboxylic acids is 1. The predicted octanol–water partition coefficient (Wildman–Crippen LogP) is 1.79. The van der Waals surface area contributed by atoms with Crippen LogP contribution in [0.4, 0.5) is 0 Å². The second-order valence-electron chi connectivity index (χ2n) is 7.20. The van der Waals surface area contributed by atoms with E-state index in [4.69, 9.17) is 10.5 Å². The lowest BCUT2D eigenvalue weighted by atomic mass is 9.98. The van der Waals surface area contributed by atoms with Crippen molar-refractivity contribution in [3.63, 3.8) is 0 Å². The number of benzene rings is 1. The molecule has 138 valence electrons. The van der Waals surface area contributed by atoms with Gasteiger partial charge in [0.15, 0.2) is 0 Å². The Morgan fingerprint density at radius 1 is 1.24 bits per heavy atom. The molecule has 0 bridgehead atoms. The second kappa shape index (κ2) is 8.79. The summed E-state index contributed by atoms with van der Waals surface area (Å²) in [7, 11) is 0. The van der Waals surface area contributed by atoms with Crippen molar-refractivity contribution in [2.75, 3.05) is 32.8 Å². The Bertz CT molecular complexity index is 570. The lowest BCUT2D eigenvalue weighted by Crippen LogP contribution is -2.51. The Kier molecular flexibility index (Phi) is 6.45. The number of hydrogen-bond donors (Lipinski definition) is 1. The van der Waals surface area contributed by atoms with Crippen molar-refractivity contribution in [2.45, 2.75) is 51.3 Å². The molecule has 1 aromatic carbocycles. The number of rotatable bonds is 6. The molecule has 1 aromatic rings. The molecule has 2 aliphatic rings. The summed E-state index contributed by atoms with van der Waals surface area (Å²) in [4.78, 5) is 17.2. The van der Waals surface area contributed by atoms with Gasteiger partial charge < -0.3 is 15.4 Å². The van der Waals surface area contributed by atoms with Gasteiger partial charge >= 0.3 is 0 Å². The summed E-state index contributed by atoms with van der Waals surface area (Å²) in [5.41, 5.74) is 8.29. The molecule has 5 heteroatoms. The highest BCUT2D eigenvalue weighted by Crippen LogP contribution is 2.22. The molecule has 0 saturated carbocycles. The van der Waals surface area contributed by atoms with Gasteiger partial charge in [0, 0.05) is 32.8 Å². The fourth-order valence-corrected chi connectivity index (χ4v) is 3.84. The number of carbonyl (C=O) groups is 1. The minimum absolute atomic E-state index is 0.0527. The molecule has 0 radical (unpaired) electrons. The van der Waals surface area contributed by atoms with Crippen LogP contribution >= 0.6 is 0 Å². The molecule has 1 atom stereocenters. The first-order valence-corrected chi connectivity index (χ1v) is 9.60. The van der Waals surface area contributed by atoms with Crippen LogP contribution < -0.4 is 5.73 Å². The van der Waals surface area contributed by atoms with Gasteiger partial charge in [-0.25, -0.2) is 0 Å². The molecule has 2 N–H and O–H groups in total. The molecule has 1 unspecified atom stereocenters. The zero-order valence-electron chi connectivity index (χ0n) is 15.3. The lowest BCUT2D eigenvalue weighted by molar-refractivity contribution is -0.139. The minimum atomic E-state index is -0.0527. The van der Waals surface area contributed by atoms with E-state index < -0.39 is 0 Å². The zero-order chi connectivity index (χ0) is 17.6. The first-order valence-electron chi connectivity index (χ1n) is 9.60. The fraction of sp³-hybridized carbons (Fsp3) is 0.650. The Morgan fingerprint density at radius 3 is 2.68 bits per heavy atom. The Balaban J connectivity index is 1.49. The van der Waals surface area contributed by atoms with E-state index in [0.29, 0.717) is 6.54 Å². The third-order valence-corrected chi connectivity index (χ3v) is 5.52. The Morgan fingerprint density at radius 2 is 1.96 bits per heavy atom. The van der Waals surface area contributed by atoms with Crippen LogP contribution in [0.2, 0.25) is 0 Å². The standard InChI is InChI=1S/C20H31N3O2/c1-16(23-11-7-17-5-2-3-6-18(17)15-23)20(24)22-12-8-19(9-13-22)25-14-4-10-21/h2-3,5-6,16,19H,4,7-15,21H2,1H3. The molecule has 1 saturated heterocycles. The van der Waals surface area contributed by atoms with E-state index in [9.17, 15) is 4.79 Å². The van der Waals surface area contributed by atoms with Crippen LogP contribution in [0.5, 0.6) is 0 Å². The van der Waals surface area contributed by atoms with Crippen molar-refractivity contribution in [3.8, 4) is 0 Å². The first-order chi connectivity index (χ1) is 12.2. The minimum Gasteiger partial charge on any atom is -0.378 e. The summed E-state index contributed by atoms with van der Waals surface area (Å²) in [5, 5.41) is 0. The highest BCUT2D eigenvalue weighted by atomic mass is 16.5. The van der Waals surface area contributed by atoms with Crippen molar-refractivity contribution in [2.24, 2.45) is 5.73 Å². The van der Waals surface area contributed by atoms with Crippen LogP contribution in [-0.2, 0) is 22.5 Å². The third kappa shape index (κ3) is 4.60. The van der Waals surface area contributed by atoms with Crippen molar-refractivity contribution < 1.29 is 9.53 Å². The van der Waals surface area contributed by atoms with Crippen molar-refractivity contribution in [1.29, 1.82) is 0 Å². The monoisotopic (exact) mass is 345 g/mol. The molecule has 5 nitrogen and oxygen atoms in total. The van der Waals surface area contributed by atoms with Gasteiger partial charge in [-0.15, -0.1) is 0 Å². The molecule has 3 rings (SSSR count). The summed E-state index contributed by atoms with van der Waals surface area (Å²) in [5.74, 6) is 0.264. The number of piperidine rings is 1. The van der Waals surface area contributed by atoms with Crippen LogP contribution in [0, 0.1) is 0 Å². The number of likely N-dealkylation sites (tertiary alicyclic amines) is 1. The van der Waals surface area contributed by atoms with Gasteiger partial charge in [-0.3, -0.25) is 9.69 Å². The molecular weight excluding hydrogens is 314 g/mol. The summed E-state index contributed by atoms with van der Waals surface area (Å²) >= 11 is 0. The lowest BCUT2D eigenvalue weighted by Gasteiger charge is -2.38. The number of nitrogens with zero attached hydrogens (tertiary/aromatic N) is 2. The quantitative estimate of drug-likeness (QED) is 0.799. The summed E-state index contributed by atoms with van der Waals surface area (Å²) in [6.07, 6.45) is 4.10. The van der Waals surface area contributed by atoms with Gasteiger partial charge in [-0.1, -0.05) is 24.3 Å². The van der Waals surface area contributed by atoms with E-state index in [1.54, 1.807) is 0 Å². The van der Waals surface area contributed by atoms with E-state index in [0.717, 1.165) is 58.5 Å². The number of ether oxygens (including phenoxy) is 1. The summed E-state index contributed by atoms with van der Waals surface area (Å²) < 4.78 is 5.84. The van der Waals surface area contributed by atoms with E-state index in [-0.39, 0.29) is 18.1 Å². The predicted molar refractivity (Wildman–Crippen MR) is 99.2 cm³/mol. The second-order valence-corrected chi connectivity index (χ2v) is 7.20. The van der Waals surface area contributed by atoms with E-state index >= 15 is 0 Å². The van der Waals surface area contributed by atoms with Gasteiger partial charge in [-0.05, 0) is 50.3 Å². The molecule has 1 amide bonds. The van der Waals surface area contributed by atoms with Crippen LogP contribution in [0.25, 0.3) is 0 Å². The van der Waals surface area contributed by atoms with Crippen LogP contribution in [0.1, 0.15) is 37.3 Å². The van der Waals surface area contributed by atoms with Crippen molar-refractivity contribution >= 4 is 5.91 Å². The topological polar surface area (TPSA) is 58.8 Å². The summed E-state index contributed by atoms with van der Waals surface area (Å²) in [6, 6.07) is 8.52. The van der Waals surface area contributed by atoms with E-state index in [1.807, 2.05) is 4.90 Å². The van der Waals surface area contributed by atoms with Crippen molar-refractivity contribution in [1.82, 2.24) is 9.80 Å². The highest BCUT2D eigenvalue weighted by molar-refractivity contribution is 5.81. The smallest absolute Gasteiger partial charge is 0.239 e. The van der Waals surface area contributed by atoms with Crippen molar-refractivity contribution in [3.05, 3.63) is 35.4 Å². The van der Waals surface area contributed by atoms with Crippen LogP contribution in [-0.4, -0.2) is 60.6 Å². The average molecular weight is 345 g/mol. The van der Waals surface area contributed by atoms with Crippen LogP contribution in [0.3, 0.4) is 0 Å². The number of hydrogen-bond acceptors (Lipinski definition) is 4. The van der Waals surface area contributed by atoms with Gasteiger partial charge in [0.25, 0.3) is 0 Å². The Hall–Kier alpha value is -1.43. The third-order valence-electron chi connectivity index (χ3n) is 5.52. The molecule has 1 fully saturated rings. The molecule has 2 aliphatic heterocycles. The van der Waals surface area contributed by atoms with Gasteiger partial charge in [0.2, 0.25) is 5.91 Å². The Labute approximate surface area is 151 Å². The average Bonchev–Trinajstić information content (AvgIpc) is 2.67. The molecule has 25 heavy (non-hydrogen) atoms.